The fourth-order valence-corrected chi connectivity index (χ4v) is 2.64. The average molecular weight is 335 g/mol. The maximum absolute atomic E-state index is 13.7. The summed E-state index contributed by atoms with van der Waals surface area (Å²) in [6, 6.07) is 12.0. The molecular weight excluding hydrogens is 315 g/mol. The maximum Gasteiger partial charge on any atom is 0.228 e. The predicted octanol–water partition coefficient (Wildman–Crippen LogP) is 4.51. The first-order chi connectivity index (χ1) is 11.0. The molecule has 2 aromatic rings. The largest absolute Gasteiger partial charge is 0.372 e. The number of hydrogen-bond donors (Lipinski definition) is 1. The second kappa shape index (κ2) is 7.97. The number of halogens is 2. The lowest BCUT2D eigenvalue weighted by Gasteiger charge is -2.21. The van der Waals surface area contributed by atoms with Crippen LogP contribution in [0, 0.1) is 5.82 Å². The smallest absolute Gasteiger partial charge is 0.228 e. The summed E-state index contributed by atoms with van der Waals surface area (Å²) >= 11 is 5.94. The average Bonchev–Trinajstić information content (AvgIpc) is 2.54. The second-order valence-electron chi connectivity index (χ2n) is 5.14. The van der Waals surface area contributed by atoms with Gasteiger partial charge in [0.1, 0.15) is 5.82 Å². The van der Waals surface area contributed by atoms with Gasteiger partial charge in [-0.05, 0) is 50.2 Å². The van der Waals surface area contributed by atoms with Crippen LogP contribution in [0.1, 0.15) is 19.4 Å². The number of nitrogens with one attached hydrogen (secondary N) is 1. The Morgan fingerprint density at radius 2 is 1.78 bits per heavy atom. The SMILES string of the molecule is CCN(CC)c1ccc(NC(=O)Cc2c(F)cccc2Cl)cc1. The van der Waals surface area contributed by atoms with E-state index in [1.54, 1.807) is 6.07 Å². The summed E-state index contributed by atoms with van der Waals surface area (Å²) < 4.78 is 13.7. The van der Waals surface area contributed by atoms with Gasteiger partial charge in [0.05, 0.1) is 6.42 Å². The highest BCUT2D eigenvalue weighted by Crippen LogP contribution is 2.21. The predicted molar refractivity (Wildman–Crippen MR) is 93.7 cm³/mol. The zero-order valence-electron chi connectivity index (χ0n) is 13.3. The molecule has 3 nitrogen and oxygen atoms in total. The molecule has 0 atom stereocenters. The van der Waals surface area contributed by atoms with Crippen molar-refractivity contribution in [3.63, 3.8) is 0 Å². The van der Waals surface area contributed by atoms with Gasteiger partial charge in [-0.25, -0.2) is 4.39 Å². The number of carbonyl (C=O) groups is 1. The van der Waals surface area contributed by atoms with E-state index in [-0.39, 0.29) is 22.9 Å². The summed E-state index contributed by atoms with van der Waals surface area (Å²) in [6.45, 7) is 6.04. The lowest BCUT2D eigenvalue weighted by atomic mass is 10.1. The van der Waals surface area contributed by atoms with E-state index in [4.69, 9.17) is 11.6 Å². The lowest BCUT2D eigenvalue weighted by molar-refractivity contribution is -0.115. The first-order valence-electron chi connectivity index (χ1n) is 7.62. The van der Waals surface area contributed by atoms with Gasteiger partial charge in [0.2, 0.25) is 5.91 Å². The molecule has 0 heterocycles. The standard InChI is InChI=1S/C18H20ClFN2O/c1-3-22(4-2)14-10-8-13(9-11-14)21-18(23)12-15-16(19)6-5-7-17(15)20/h5-11H,3-4,12H2,1-2H3,(H,21,23). The Kier molecular flexibility index (Phi) is 5.99. The van der Waals surface area contributed by atoms with E-state index in [0.717, 1.165) is 18.8 Å². The molecule has 0 spiro atoms. The van der Waals surface area contributed by atoms with Crippen LogP contribution in [0.4, 0.5) is 15.8 Å². The molecule has 0 radical (unpaired) electrons. The van der Waals surface area contributed by atoms with Gasteiger partial charge in [-0.2, -0.15) is 0 Å². The van der Waals surface area contributed by atoms with Crippen LogP contribution >= 0.6 is 11.6 Å². The van der Waals surface area contributed by atoms with E-state index in [9.17, 15) is 9.18 Å². The summed E-state index contributed by atoms with van der Waals surface area (Å²) in [7, 11) is 0. The minimum atomic E-state index is -0.468. The molecule has 1 amide bonds. The number of anilines is 2. The molecule has 0 aliphatic carbocycles. The maximum atomic E-state index is 13.7. The molecule has 0 bridgehead atoms. The van der Waals surface area contributed by atoms with Crippen LogP contribution in [0.5, 0.6) is 0 Å². The van der Waals surface area contributed by atoms with Crippen molar-refractivity contribution in [1.82, 2.24) is 0 Å². The fourth-order valence-electron chi connectivity index (χ4n) is 2.41. The van der Waals surface area contributed by atoms with Crippen molar-refractivity contribution >= 4 is 28.9 Å². The molecule has 0 saturated carbocycles. The third-order valence-corrected chi connectivity index (χ3v) is 4.03. The van der Waals surface area contributed by atoms with E-state index in [1.807, 2.05) is 24.3 Å². The second-order valence-corrected chi connectivity index (χ2v) is 5.55. The highest BCUT2D eigenvalue weighted by molar-refractivity contribution is 6.31. The van der Waals surface area contributed by atoms with Crippen molar-refractivity contribution < 1.29 is 9.18 Å². The summed E-state index contributed by atoms with van der Waals surface area (Å²) in [6.07, 6.45) is -0.0939. The fraction of sp³-hybridized carbons (Fsp3) is 0.278. The van der Waals surface area contributed by atoms with Crippen LogP contribution in [0.25, 0.3) is 0 Å². The van der Waals surface area contributed by atoms with E-state index in [1.165, 1.54) is 12.1 Å². The van der Waals surface area contributed by atoms with Crippen LogP contribution < -0.4 is 10.2 Å². The molecule has 2 aromatic carbocycles. The molecule has 23 heavy (non-hydrogen) atoms. The molecule has 2 rings (SSSR count). The van der Waals surface area contributed by atoms with E-state index in [2.05, 4.69) is 24.1 Å². The van der Waals surface area contributed by atoms with Crippen molar-refractivity contribution in [3.8, 4) is 0 Å². The van der Waals surface area contributed by atoms with E-state index >= 15 is 0 Å². The zero-order valence-corrected chi connectivity index (χ0v) is 14.0. The van der Waals surface area contributed by atoms with Crippen molar-refractivity contribution in [2.45, 2.75) is 20.3 Å². The van der Waals surface area contributed by atoms with Gasteiger partial charge in [-0.1, -0.05) is 17.7 Å². The molecule has 0 aliphatic heterocycles. The molecule has 0 unspecified atom stereocenters. The molecular formula is C18H20ClFN2O. The van der Waals surface area contributed by atoms with Gasteiger partial charge in [-0.15, -0.1) is 0 Å². The molecule has 5 heteroatoms. The normalized spacial score (nSPS) is 10.4. The molecule has 0 aliphatic rings. The number of carbonyl (C=O) groups excluding carboxylic acids is 1. The quantitative estimate of drug-likeness (QED) is 0.843. The van der Waals surface area contributed by atoms with Gasteiger partial charge in [0.25, 0.3) is 0 Å². The Morgan fingerprint density at radius 1 is 1.13 bits per heavy atom. The highest BCUT2D eigenvalue weighted by atomic mass is 35.5. The van der Waals surface area contributed by atoms with Crippen molar-refractivity contribution in [1.29, 1.82) is 0 Å². The zero-order chi connectivity index (χ0) is 16.8. The van der Waals surface area contributed by atoms with E-state index in [0.29, 0.717) is 5.69 Å². The minimum absolute atomic E-state index is 0.0939. The first-order valence-corrected chi connectivity index (χ1v) is 8.00. The Labute approximate surface area is 141 Å². The van der Waals surface area contributed by atoms with Gasteiger partial charge < -0.3 is 10.2 Å². The van der Waals surface area contributed by atoms with Crippen molar-refractivity contribution in [3.05, 3.63) is 58.9 Å². The van der Waals surface area contributed by atoms with Gasteiger partial charge in [0.15, 0.2) is 0 Å². The Balaban J connectivity index is 2.03. The van der Waals surface area contributed by atoms with Crippen LogP contribution in [0.15, 0.2) is 42.5 Å². The summed E-state index contributed by atoms with van der Waals surface area (Å²) in [5.41, 5.74) is 2.00. The summed E-state index contributed by atoms with van der Waals surface area (Å²) in [5.74, 6) is -0.767. The molecule has 1 N–H and O–H groups in total. The summed E-state index contributed by atoms with van der Waals surface area (Å²) in [5, 5.41) is 3.03. The van der Waals surface area contributed by atoms with Crippen LogP contribution in [-0.4, -0.2) is 19.0 Å². The Hall–Kier alpha value is -2.07. The third-order valence-electron chi connectivity index (χ3n) is 3.68. The number of nitrogens with zero attached hydrogens (tertiary/aromatic N) is 1. The number of hydrogen-bond acceptors (Lipinski definition) is 2. The Morgan fingerprint density at radius 3 is 2.35 bits per heavy atom. The van der Waals surface area contributed by atoms with Gasteiger partial charge in [0, 0.05) is 35.1 Å². The van der Waals surface area contributed by atoms with Crippen LogP contribution in [0.2, 0.25) is 5.02 Å². The number of benzene rings is 2. The van der Waals surface area contributed by atoms with Gasteiger partial charge >= 0.3 is 0 Å². The van der Waals surface area contributed by atoms with E-state index < -0.39 is 5.82 Å². The van der Waals surface area contributed by atoms with Crippen LogP contribution in [0.3, 0.4) is 0 Å². The first kappa shape index (κ1) is 17.3. The molecule has 0 saturated heterocycles. The monoisotopic (exact) mass is 334 g/mol. The van der Waals surface area contributed by atoms with Crippen LogP contribution in [-0.2, 0) is 11.2 Å². The molecule has 122 valence electrons. The Bertz CT molecular complexity index is 649. The molecule has 0 aromatic heterocycles. The summed E-state index contributed by atoms with van der Waals surface area (Å²) in [4.78, 5) is 14.3. The van der Waals surface area contributed by atoms with Crippen molar-refractivity contribution in [2.24, 2.45) is 0 Å². The van der Waals surface area contributed by atoms with Crippen molar-refractivity contribution in [2.75, 3.05) is 23.3 Å². The van der Waals surface area contributed by atoms with Gasteiger partial charge in [-0.3, -0.25) is 4.79 Å². The third kappa shape index (κ3) is 4.45. The molecule has 0 fully saturated rings. The number of rotatable bonds is 6. The topological polar surface area (TPSA) is 32.3 Å². The number of amides is 1. The lowest BCUT2D eigenvalue weighted by Crippen LogP contribution is -2.21. The minimum Gasteiger partial charge on any atom is -0.372 e. The highest BCUT2D eigenvalue weighted by Gasteiger charge is 2.12.